The van der Waals surface area contributed by atoms with E-state index in [1.54, 1.807) is 43.5 Å². The number of anilines is 3. The van der Waals surface area contributed by atoms with Crippen molar-refractivity contribution in [3.8, 4) is 28.7 Å². The maximum Gasteiger partial charge on any atom is 0.273 e. The number of aromatic nitrogens is 5. The van der Waals surface area contributed by atoms with Crippen LogP contribution in [0, 0.1) is 0 Å². The van der Waals surface area contributed by atoms with Gasteiger partial charge in [-0.15, -0.1) is 0 Å². The molecule has 1 atom stereocenters. The normalized spacial score (nSPS) is 15.8. The minimum Gasteiger partial charge on any atom is -0.497 e. The van der Waals surface area contributed by atoms with Gasteiger partial charge in [0.25, 0.3) is 15.6 Å². The number of hydrogen-bond acceptors (Lipinski definition) is 13. The lowest BCUT2D eigenvalue weighted by Crippen LogP contribution is -2.32. The highest BCUT2D eigenvalue weighted by atomic mass is 32.2. The molecule has 0 amide bonds. The average Bonchev–Trinajstić information content (AvgIpc) is 3.87. The topological polar surface area (TPSA) is 174 Å². The summed E-state index contributed by atoms with van der Waals surface area (Å²) in [7, 11) is 1.16. The third-order valence-corrected chi connectivity index (χ3v) is 11.7. The number of rotatable bonds is 14. The van der Waals surface area contributed by atoms with Crippen LogP contribution < -0.4 is 34.1 Å². The van der Waals surface area contributed by atoms with Crippen molar-refractivity contribution in [3.05, 3.63) is 94.5 Å². The highest BCUT2D eigenvalue weighted by Crippen LogP contribution is 2.45. The first-order valence-corrected chi connectivity index (χ1v) is 19.6. The first kappa shape index (κ1) is 36.9. The lowest BCUT2D eigenvalue weighted by Gasteiger charge is -2.25. The van der Waals surface area contributed by atoms with Crippen molar-refractivity contribution in [2.24, 2.45) is 0 Å². The number of methoxy groups -OCH3 is 4. The van der Waals surface area contributed by atoms with E-state index in [2.05, 4.69) is 15.6 Å². The smallest absolute Gasteiger partial charge is 0.273 e. The standard InChI is InChI=1S/C39H41N7O9S/c1-50-27-14-10-24(11-15-27)23-44(56(48,49)38-33(52-3)18-26(19-34(38)53-4)45-36(47)8-7-16-40-45)39-28-20-32(51-2)29(21-31(28)55-43-39)41-35-22-30(25-12-13-25)46(42-35)37-9-5-6-17-54-37/h7-8,10-11,14-16,18-22,25,37H,5-6,9,12-13,17,23H2,1-4H3,(H,41,42). The molecule has 1 saturated carbocycles. The molecular formula is C39H41N7O9S. The zero-order chi connectivity index (χ0) is 39.0. The van der Waals surface area contributed by atoms with E-state index in [1.165, 1.54) is 51.8 Å². The van der Waals surface area contributed by atoms with E-state index in [0.29, 0.717) is 52.1 Å². The summed E-state index contributed by atoms with van der Waals surface area (Å²) in [4.78, 5) is 12.4. The van der Waals surface area contributed by atoms with Crippen molar-refractivity contribution in [3.63, 3.8) is 0 Å². The van der Waals surface area contributed by atoms with E-state index in [-0.39, 0.29) is 40.7 Å². The van der Waals surface area contributed by atoms with Gasteiger partial charge >= 0.3 is 0 Å². The van der Waals surface area contributed by atoms with Gasteiger partial charge in [-0.05, 0) is 61.9 Å². The van der Waals surface area contributed by atoms with Gasteiger partial charge in [-0.2, -0.15) is 14.9 Å². The van der Waals surface area contributed by atoms with E-state index in [9.17, 15) is 4.79 Å². The maximum atomic E-state index is 15.1. The molecule has 1 unspecified atom stereocenters. The van der Waals surface area contributed by atoms with Gasteiger partial charge < -0.3 is 33.5 Å². The first-order chi connectivity index (χ1) is 27.2. The molecule has 8 rings (SSSR count). The fourth-order valence-corrected chi connectivity index (χ4v) is 8.60. The van der Waals surface area contributed by atoms with Crippen LogP contribution in [0.3, 0.4) is 0 Å². The van der Waals surface area contributed by atoms with E-state index in [1.807, 2.05) is 10.7 Å². The van der Waals surface area contributed by atoms with Gasteiger partial charge in [-0.25, -0.2) is 17.4 Å². The number of sulfonamides is 1. The van der Waals surface area contributed by atoms with Gasteiger partial charge in [-0.3, -0.25) is 4.79 Å². The van der Waals surface area contributed by atoms with Gasteiger partial charge in [0.15, 0.2) is 28.3 Å². The summed E-state index contributed by atoms with van der Waals surface area (Å²) in [6.45, 7) is 0.535. The molecule has 6 aromatic rings. The molecule has 2 aliphatic rings. The van der Waals surface area contributed by atoms with Crippen molar-refractivity contribution in [2.45, 2.75) is 55.7 Å². The van der Waals surface area contributed by atoms with Crippen molar-refractivity contribution >= 4 is 38.3 Å². The number of benzene rings is 3. The van der Waals surface area contributed by atoms with E-state index < -0.39 is 15.6 Å². The van der Waals surface area contributed by atoms with Crippen LogP contribution in [0.2, 0.25) is 0 Å². The number of nitrogens with zero attached hydrogens (tertiary/aromatic N) is 6. The summed E-state index contributed by atoms with van der Waals surface area (Å²) in [6.07, 6.45) is 6.57. The van der Waals surface area contributed by atoms with E-state index >= 15 is 8.42 Å². The lowest BCUT2D eigenvalue weighted by atomic mass is 10.2. The SMILES string of the molecule is COc1ccc(CN(c2noc3cc(Nc4cc(C5CC5)n(C5CCCCO5)n4)c(OC)cc23)S(=O)(=O)c2c(OC)cc(-n3ncccc3=O)cc2OC)cc1. The molecule has 1 aliphatic heterocycles. The molecule has 1 aliphatic carbocycles. The summed E-state index contributed by atoms with van der Waals surface area (Å²) < 4.78 is 68.8. The fraction of sp³-hybridized carbons (Fsp3) is 0.333. The van der Waals surface area contributed by atoms with E-state index in [4.69, 9.17) is 33.3 Å². The Bertz CT molecular complexity index is 2520. The van der Waals surface area contributed by atoms with Gasteiger partial charge in [0, 0.05) is 54.7 Å². The second-order valence-corrected chi connectivity index (χ2v) is 15.3. The molecule has 0 bridgehead atoms. The Kier molecular flexibility index (Phi) is 10.0. The Morgan fingerprint density at radius 3 is 2.29 bits per heavy atom. The molecule has 1 saturated heterocycles. The number of fused-ring (bicyclic) bond motifs is 1. The molecular weight excluding hydrogens is 743 g/mol. The Hall–Kier alpha value is -6.07. The molecule has 16 nitrogen and oxygen atoms in total. The largest absolute Gasteiger partial charge is 0.497 e. The predicted octanol–water partition coefficient (Wildman–Crippen LogP) is 6.32. The molecule has 2 fully saturated rings. The second kappa shape index (κ2) is 15.2. The van der Waals surface area contributed by atoms with Crippen molar-refractivity contribution < 1.29 is 36.6 Å². The molecule has 56 heavy (non-hydrogen) atoms. The Morgan fingerprint density at radius 1 is 0.893 bits per heavy atom. The Labute approximate surface area is 322 Å². The number of ether oxygens (including phenoxy) is 5. The molecule has 4 heterocycles. The zero-order valence-corrected chi connectivity index (χ0v) is 32.1. The molecule has 3 aromatic carbocycles. The van der Waals surface area contributed by atoms with Gasteiger partial charge in [0.05, 0.1) is 51.7 Å². The minimum absolute atomic E-state index is 0.00968. The predicted molar refractivity (Wildman–Crippen MR) is 206 cm³/mol. The highest BCUT2D eigenvalue weighted by Gasteiger charge is 2.36. The summed E-state index contributed by atoms with van der Waals surface area (Å²) >= 11 is 0. The summed E-state index contributed by atoms with van der Waals surface area (Å²) in [5, 5.41) is 17.1. The third kappa shape index (κ3) is 6.99. The van der Waals surface area contributed by atoms with Crippen LogP contribution >= 0.6 is 0 Å². The average molecular weight is 784 g/mol. The fourth-order valence-electron chi connectivity index (χ4n) is 6.91. The minimum atomic E-state index is -4.58. The quantitative estimate of drug-likeness (QED) is 0.130. The molecule has 292 valence electrons. The van der Waals surface area contributed by atoms with Crippen LogP contribution in [-0.4, -0.2) is 68.2 Å². The van der Waals surface area contributed by atoms with Crippen LogP contribution in [0.4, 0.5) is 17.3 Å². The van der Waals surface area contributed by atoms with Crippen LogP contribution in [0.15, 0.2) is 87.1 Å². The molecule has 1 N–H and O–H groups in total. The van der Waals surface area contributed by atoms with Gasteiger partial charge in [-0.1, -0.05) is 17.3 Å². The lowest BCUT2D eigenvalue weighted by molar-refractivity contribution is -0.0409. The van der Waals surface area contributed by atoms with Crippen molar-refractivity contribution in [1.82, 2.24) is 24.7 Å². The van der Waals surface area contributed by atoms with Crippen LogP contribution in [-0.2, 0) is 21.3 Å². The number of nitrogens with one attached hydrogen (secondary N) is 1. The van der Waals surface area contributed by atoms with Gasteiger partial charge in [0.1, 0.15) is 23.0 Å². The monoisotopic (exact) mass is 783 g/mol. The molecule has 0 radical (unpaired) electrons. The zero-order valence-electron chi connectivity index (χ0n) is 31.3. The summed E-state index contributed by atoms with van der Waals surface area (Å²) in [6, 6.07) is 18.1. The summed E-state index contributed by atoms with van der Waals surface area (Å²) in [5.41, 5.74) is 2.40. The Morgan fingerprint density at radius 2 is 1.64 bits per heavy atom. The molecule has 17 heteroatoms. The Balaban J connectivity index is 1.22. The van der Waals surface area contributed by atoms with Crippen molar-refractivity contribution in [2.75, 3.05) is 44.7 Å². The van der Waals surface area contributed by atoms with Gasteiger partial charge in [0.2, 0.25) is 0 Å². The van der Waals surface area contributed by atoms with Crippen LogP contribution in [0.1, 0.15) is 55.5 Å². The first-order valence-electron chi connectivity index (χ1n) is 18.1. The van der Waals surface area contributed by atoms with Crippen LogP contribution in [0.25, 0.3) is 16.7 Å². The molecule has 0 spiro atoms. The highest BCUT2D eigenvalue weighted by molar-refractivity contribution is 7.93. The second-order valence-electron chi connectivity index (χ2n) is 13.5. The maximum absolute atomic E-state index is 15.1. The number of hydrogen-bond donors (Lipinski definition) is 1. The molecule has 3 aromatic heterocycles. The summed E-state index contributed by atoms with van der Waals surface area (Å²) in [5.74, 6) is 1.88. The van der Waals surface area contributed by atoms with Crippen molar-refractivity contribution in [1.29, 1.82) is 0 Å². The third-order valence-electron chi connectivity index (χ3n) is 9.90. The van der Waals surface area contributed by atoms with E-state index in [0.717, 1.165) is 46.8 Å². The van der Waals surface area contributed by atoms with Crippen LogP contribution in [0.5, 0.6) is 23.0 Å².